The topological polar surface area (TPSA) is 93.7 Å². The minimum absolute atomic E-state index is 0.0691. The summed E-state index contributed by atoms with van der Waals surface area (Å²) in [6, 6.07) is 13.0. The molecule has 182 valence electrons. The van der Waals surface area contributed by atoms with E-state index in [1.54, 1.807) is 74.2 Å². The first-order valence-corrected chi connectivity index (χ1v) is 11.8. The average molecular weight is 475 g/mol. The molecule has 0 unspecified atom stereocenters. The number of nitrogens with zero attached hydrogens (tertiary/aromatic N) is 3. The molecular weight excluding hydrogens is 444 g/mol. The molecule has 1 fully saturated rings. The van der Waals surface area contributed by atoms with E-state index in [1.165, 1.54) is 18.4 Å². The molecule has 0 saturated heterocycles. The van der Waals surface area contributed by atoms with Gasteiger partial charge in [0.15, 0.2) is 11.5 Å². The molecule has 0 radical (unpaired) electrons. The Bertz CT molecular complexity index is 1130. The summed E-state index contributed by atoms with van der Waals surface area (Å²) in [5, 5.41) is 3.19. The Morgan fingerprint density at radius 1 is 0.971 bits per heavy atom. The maximum absolute atomic E-state index is 13.9. The number of methoxy groups -OCH3 is 2. The van der Waals surface area contributed by atoms with Gasteiger partial charge < -0.3 is 14.8 Å². The lowest BCUT2D eigenvalue weighted by molar-refractivity contribution is -0.123. The molecule has 0 bridgehead atoms. The molecule has 1 atom stereocenters. The van der Waals surface area contributed by atoms with Crippen molar-refractivity contribution in [2.45, 2.75) is 44.2 Å². The molecule has 2 amide bonds. The van der Waals surface area contributed by atoms with Crippen LogP contribution in [0.15, 0.2) is 67.1 Å². The van der Waals surface area contributed by atoms with Crippen molar-refractivity contribution in [3.8, 4) is 11.5 Å². The van der Waals surface area contributed by atoms with Gasteiger partial charge >= 0.3 is 0 Å². The van der Waals surface area contributed by atoms with E-state index in [9.17, 15) is 9.59 Å². The van der Waals surface area contributed by atoms with Crippen molar-refractivity contribution < 1.29 is 19.1 Å². The van der Waals surface area contributed by atoms with E-state index >= 15 is 0 Å². The smallest absolute Gasteiger partial charge is 0.277 e. The number of carbonyl (C=O) groups is 2. The van der Waals surface area contributed by atoms with Crippen LogP contribution in [0.2, 0.25) is 0 Å². The predicted octanol–water partition coefficient (Wildman–Crippen LogP) is 4.33. The normalized spacial score (nSPS) is 14.6. The molecule has 1 aliphatic carbocycles. The summed E-state index contributed by atoms with van der Waals surface area (Å²) in [6.45, 7) is 0. The molecule has 2 aromatic heterocycles. The molecular formula is C27H30N4O4. The summed E-state index contributed by atoms with van der Waals surface area (Å²) in [5.41, 5.74) is 1.30. The van der Waals surface area contributed by atoms with E-state index in [0.717, 1.165) is 25.7 Å². The summed E-state index contributed by atoms with van der Waals surface area (Å²) in [7, 11) is 3.09. The highest BCUT2D eigenvalue weighted by Crippen LogP contribution is 2.35. The van der Waals surface area contributed by atoms with Crippen molar-refractivity contribution in [1.82, 2.24) is 15.3 Å². The van der Waals surface area contributed by atoms with Crippen LogP contribution in [0, 0.1) is 0 Å². The number of hydrogen-bond donors (Lipinski definition) is 1. The highest BCUT2D eigenvalue weighted by molar-refractivity contribution is 6.09. The number of rotatable bonds is 8. The zero-order valence-corrected chi connectivity index (χ0v) is 20.0. The average Bonchev–Trinajstić information content (AvgIpc) is 2.92. The van der Waals surface area contributed by atoms with Crippen molar-refractivity contribution >= 4 is 17.5 Å². The second-order valence-electron chi connectivity index (χ2n) is 8.46. The third-order valence-corrected chi connectivity index (χ3v) is 6.21. The van der Waals surface area contributed by atoms with Crippen molar-refractivity contribution in [2.75, 3.05) is 19.1 Å². The minimum atomic E-state index is -0.976. The zero-order chi connectivity index (χ0) is 24.6. The Labute approximate surface area is 205 Å². The fraction of sp³-hybridized carbons (Fsp3) is 0.333. The molecule has 0 spiro atoms. The molecule has 1 N–H and O–H groups in total. The van der Waals surface area contributed by atoms with Gasteiger partial charge in [0.05, 0.1) is 26.1 Å². The number of aromatic nitrogens is 2. The zero-order valence-electron chi connectivity index (χ0n) is 20.0. The van der Waals surface area contributed by atoms with E-state index in [4.69, 9.17) is 9.47 Å². The summed E-state index contributed by atoms with van der Waals surface area (Å²) in [4.78, 5) is 37.6. The minimum Gasteiger partial charge on any atom is -0.493 e. The van der Waals surface area contributed by atoms with E-state index in [0.29, 0.717) is 22.7 Å². The molecule has 3 aromatic rings. The van der Waals surface area contributed by atoms with Gasteiger partial charge in [-0.05, 0) is 54.8 Å². The molecule has 35 heavy (non-hydrogen) atoms. The summed E-state index contributed by atoms with van der Waals surface area (Å²) >= 11 is 0. The van der Waals surface area contributed by atoms with Crippen molar-refractivity contribution in [2.24, 2.45) is 0 Å². The number of ether oxygens (including phenoxy) is 2. The summed E-state index contributed by atoms with van der Waals surface area (Å²) < 4.78 is 10.9. The second-order valence-corrected chi connectivity index (χ2v) is 8.46. The lowest BCUT2D eigenvalue weighted by atomic mass is 9.94. The van der Waals surface area contributed by atoms with Gasteiger partial charge in [-0.1, -0.05) is 31.4 Å². The Hall–Kier alpha value is -3.94. The first kappa shape index (κ1) is 24.2. The van der Waals surface area contributed by atoms with Crippen LogP contribution in [0.5, 0.6) is 11.5 Å². The number of carbonyl (C=O) groups excluding carboxylic acids is 2. The predicted molar refractivity (Wildman–Crippen MR) is 133 cm³/mol. The van der Waals surface area contributed by atoms with Crippen LogP contribution in [0.3, 0.4) is 0 Å². The van der Waals surface area contributed by atoms with Gasteiger partial charge in [-0.15, -0.1) is 0 Å². The number of hydrogen-bond acceptors (Lipinski definition) is 6. The van der Waals surface area contributed by atoms with Gasteiger partial charge in [0.2, 0.25) is 5.91 Å². The number of benzene rings is 1. The monoisotopic (exact) mass is 474 g/mol. The van der Waals surface area contributed by atoms with Gasteiger partial charge in [-0.2, -0.15) is 0 Å². The van der Waals surface area contributed by atoms with Gasteiger partial charge in [0.1, 0.15) is 11.7 Å². The highest BCUT2D eigenvalue weighted by atomic mass is 16.5. The fourth-order valence-corrected chi connectivity index (χ4v) is 4.46. The van der Waals surface area contributed by atoms with E-state index in [1.807, 2.05) is 0 Å². The first-order valence-electron chi connectivity index (χ1n) is 11.8. The van der Waals surface area contributed by atoms with E-state index in [-0.39, 0.29) is 17.6 Å². The third-order valence-electron chi connectivity index (χ3n) is 6.21. The van der Waals surface area contributed by atoms with Crippen LogP contribution < -0.4 is 19.7 Å². The van der Waals surface area contributed by atoms with Gasteiger partial charge in [-0.25, -0.2) is 0 Å². The van der Waals surface area contributed by atoms with Crippen molar-refractivity contribution in [3.05, 3.63) is 78.4 Å². The molecule has 1 aliphatic rings. The van der Waals surface area contributed by atoms with Crippen LogP contribution >= 0.6 is 0 Å². The molecule has 0 aliphatic heterocycles. The Morgan fingerprint density at radius 2 is 1.77 bits per heavy atom. The number of anilines is 1. The summed E-state index contributed by atoms with van der Waals surface area (Å²) in [6.07, 6.45) is 9.92. The molecule has 8 nitrogen and oxygen atoms in total. The van der Waals surface area contributed by atoms with Crippen LogP contribution in [0.1, 0.15) is 54.2 Å². The molecule has 4 rings (SSSR count). The van der Waals surface area contributed by atoms with Crippen LogP contribution in [-0.4, -0.2) is 42.0 Å². The first-order chi connectivity index (χ1) is 17.1. The standard InChI is InChI=1S/C27H30N4O4/c1-34-23-14-13-19(17-24(23)35-2)25(26(32)30-20-9-4-3-5-10-20)31(21-11-8-15-28-18-21)27(33)22-12-6-7-16-29-22/h6-8,11-18,20,25H,3-5,9-10H2,1-2H3,(H,30,32)/t25-/m1/s1. The van der Waals surface area contributed by atoms with Crippen LogP contribution in [0.25, 0.3) is 0 Å². The largest absolute Gasteiger partial charge is 0.493 e. The summed E-state index contributed by atoms with van der Waals surface area (Å²) in [5.74, 6) is 0.331. The molecule has 1 saturated carbocycles. The third kappa shape index (κ3) is 5.59. The number of amides is 2. The van der Waals surface area contributed by atoms with Crippen LogP contribution in [0.4, 0.5) is 5.69 Å². The van der Waals surface area contributed by atoms with Gasteiger partial charge in [-0.3, -0.25) is 24.5 Å². The highest BCUT2D eigenvalue weighted by Gasteiger charge is 2.35. The van der Waals surface area contributed by atoms with E-state index in [2.05, 4.69) is 15.3 Å². The Balaban J connectivity index is 1.82. The lowest BCUT2D eigenvalue weighted by Crippen LogP contribution is -2.47. The van der Waals surface area contributed by atoms with Crippen molar-refractivity contribution in [1.29, 1.82) is 0 Å². The molecule has 8 heteroatoms. The molecule has 1 aromatic carbocycles. The number of pyridine rings is 2. The van der Waals surface area contributed by atoms with E-state index < -0.39 is 11.9 Å². The quantitative estimate of drug-likeness (QED) is 0.522. The second kappa shape index (κ2) is 11.5. The fourth-order valence-electron chi connectivity index (χ4n) is 4.46. The maximum Gasteiger partial charge on any atom is 0.277 e. The SMILES string of the molecule is COc1ccc([C@H](C(=O)NC2CCCCC2)N(C(=O)c2ccccn2)c2cccnc2)cc1OC. The molecule has 2 heterocycles. The van der Waals surface area contributed by atoms with Crippen molar-refractivity contribution in [3.63, 3.8) is 0 Å². The lowest BCUT2D eigenvalue weighted by Gasteiger charge is -2.33. The Morgan fingerprint density at radius 3 is 2.43 bits per heavy atom. The Kier molecular flexibility index (Phi) is 7.92. The van der Waals surface area contributed by atoms with Gasteiger partial charge in [0.25, 0.3) is 5.91 Å². The maximum atomic E-state index is 13.9. The van der Waals surface area contributed by atoms with Gasteiger partial charge in [0, 0.05) is 18.4 Å². The number of nitrogens with one attached hydrogen (secondary N) is 1. The van der Waals surface area contributed by atoms with Crippen LogP contribution in [-0.2, 0) is 4.79 Å².